The van der Waals surface area contributed by atoms with Gasteiger partial charge in [-0.3, -0.25) is 9.59 Å². The van der Waals surface area contributed by atoms with Crippen LogP contribution in [0.4, 0.5) is 0 Å². The van der Waals surface area contributed by atoms with Crippen molar-refractivity contribution in [2.45, 2.75) is 32.6 Å². The number of piperidine rings is 1. The number of hydrogen-bond donors (Lipinski definition) is 0. The van der Waals surface area contributed by atoms with Crippen LogP contribution in [-0.4, -0.2) is 50.2 Å². The summed E-state index contributed by atoms with van der Waals surface area (Å²) in [7, 11) is 1.58. The van der Waals surface area contributed by atoms with Crippen LogP contribution in [0, 0.1) is 5.41 Å². The molecule has 1 saturated heterocycles. The summed E-state index contributed by atoms with van der Waals surface area (Å²) < 4.78 is 10.3. The van der Waals surface area contributed by atoms with Crippen LogP contribution >= 0.6 is 11.6 Å². The van der Waals surface area contributed by atoms with Gasteiger partial charge in [-0.2, -0.15) is 0 Å². The lowest BCUT2D eigenvalue weighted by Gasteiger charge is -2.40. The van der Waals surface area contributed by atoms with Gasteiger partial charge in [-0.15, -0.1) is 0 Å². The van der Waals surface area contributed by atoms with Crippen LogP contribution < -0.4 is 0 Å². The highest BCUT2D eigenvalue weighted by molar-refractivity contribution is 6.30. The molecule has 0 aliphatic carbocycles. The SMILES string of the molecule is CCOC(=O)C1(Cc2ccc(Cl)cc2)CCN(C(=O)CCOC)CC1. The van der Waals surface area contributed by atoms with Crippen molar-refractivity contribution in [2.75, 3.05) is 33.4 Å². The Balaban J connectivity index is 2.09. The van der Waals surface area contributed by atoms with E-state index in [-0.39, 0.29) is 11.9 Å². The molecule has 0 spiro atoms. The van der Waals surface area contributed by atoms with Crippen LogP contribution in [0.2, 0.25) is 5.02 Å². The molecule has 138 valence electrons. The summed E-state index contributed by atoms with van der Waals surface area (Å²) >= 11 is 5.95. The molecule has 0 atom stereocenters. The number of benzene rings is 1. The molecule has 1 heterocycles. The van der Waals surface area contributed by atoms with Gasteiger partial charge < -0.3 is 14.4 Å². The van der Waals surface area contributed by atoms with Crippen molar-refractivity contribution in [3.63, 3.8) is 0 Å². The summed E-state index contributed by atoms with van der Waals surface area (Å²) in [4.78, 5) is 26.7. The van der Waals surface area contributed by atoms with Gasteiger partial charge in [0.1, 0.15) is 0 Å². The lowest BCUT2D eigenvalue weighted by atomic mass is 9.73. The minimum Gasteiger partial charge on any atom is -0.466 e. The molecule has 0 saturated carbocycles. The van der Waals surface area contributed by atoms with Gasteiger partial charge in [0.2, 0.25) is 5.91 Å². The number of amides is 1. The van der Waals surface area contributed by atoms with E-state index in [0.29, 0.717) is 57.0 Å². The zero-order chi connectivity index (χ0) is 18.3. The highest BCUT2D eigenvalue weighted by atomic mass is 35.5. The van der Waals surface area contributed by atoms with Crippen molar-refractivity contribution in [3.8, 4) is 0 Å². The molecule has 5 nitrogen and oxygen atoms in total. The zero-order valence-electron chi connectivity index (χ0n) is 14.9. The molecule has 1 aliphatic heterocycles. The van der Waals surface area contributed by atoms with E-state index in [0.717, 1.165) is 5.56 Å². The van der Waals surface area contributed by atoms with Gasteiger partial charge >= 0.3 is 5.97 Å². The number of nitrogens with zero attached hydrogens (tertiary/aromatic N) is 1. The number of rotatable bonds is 7. The van der Waals surface area contributed by atoms with Crippen LogP contribution in [0.5, 0.6) is 0 Å². The Labute approximate surface area is 154 Å². The number of esters is 1. The summed E-state index contributed by atoms with van der Waals surface area (Å²) in [6.07, 6.45) is 2.18. The molecular formula is C19H26ClNO4. The first-order valence-electron chi connectivity index (χ1n) is 8.69. The van der Waals surface area contributed by atoms with Gasteiger partial charge in [0, 0.05) is 25.2 Å². The van der Waals surface area contributed by atoms with Gasteiger partial charge in [0.25, 0.3) is 0 Å². The molecule has 0 N–H and O–H groups in total. The second-order valence-electron chi connectivity index (χ2n) is 6.43. The Bertz CT molecular complexity index is 580. The monoisotopic (exact) mass is 367 g/mol. The van der Waals surface area contributed by atoms with Gasteiger partial charge in [-0.05, 0) is 43.9 Å². The van der Waals surface area contributed by atoms with E-state index in [2.05, 4.69) is 0 Å². The smallest absolute Gasteiger partial charge is 0.312 e. The molecule has 0 unspecified atom stereocenters. The molecule has 0 bridgehead atoms. The van der Waals surface area contributed by atoms with E-state index in [1.807, 2.05) is 36.1 Å². The molecule has 1 amide bonds. The average molecular weight is 368 g/mol. The second-order valence-corrected chi connectivity index (χ2v) is 6.86. The number of carbonyl (C=O) groups is 2. The van der Waals surface area contributed by atoms with Crippen molar-refractivity contribution in [3.05, 3.63) is 34.9 Å². The Hall–Kier alpha value is -1.59. The minimum absolute atomic E-state index is 0.0748. The maximum absolute atomic E-state index is 12.7. The van der Waals surface area contributed by atoms with Crippen molar-refractivity contribution in [1.82, 2.24) is 4.90 Å². The highest BCUT2D eigenvalue weighted by Gasteiger charge is 2.43. The maximum atomic E-state index is 12.7. The molecule has 2 rings (SSSR count). The first kappa shape index (κ1) is 19.7. The molecule has 1 aromatic rings. The standard InChI is InChI=1S/C19H26ClNO4/c1-3-25-18(23)19(14-15-4-6-16(20)7-5-15)9-11-21(12-10-19)17(22)8-13-24-2/h4-7H,3,8-14H2,1-2H3. The normalized spacial score (nSPS) is 16.5. The summed E-state index contributed by atoms with van der Waals surface area (Å²) in [5.74, 6) is -0.0975. The van der Waals surface area contributed by atoms with E-state index in [9.17, 15) is 9.59 Å². The van der Waals surface area contributed by atoms with E-state index in [4.69, 9.17) is 21.1 Å². The fourth-order valence-corrected chi connectivity index (χ4v) is 3.39. The second kappa shape index (κ2) is 9.20. The van der Waals surface area contributed by atoms with E-state index in [1.54, 1.807) is 7.11 Å². The third kappa shape index (κ3) is 5.19. The maximum Gasteiger partial charge on any atom is 0.312 e. The summed E-state index contributed by atoms with van der Waals surface area (Å²) in [5.41, 5.74) is 0.471. The molecule has 1 aliphatic rings. The molecule has 0 aromatic heterocycles. The lowest BCUT2D eigenvalue weighted by molar-refractivity contribution is -0.160. The molecule has 0 radical (unpaired) electrons. The number of likely N-dealkylation sites (tertiary alicyclic amines) is 1. The lowest BCUT2D eigenvalue weighted by Crippen LogP contribution is -2.48. The first-order valence-corrected chi connectivity index (χ1v) is 9.07. The minimum atomic E-state index is -0.581. The third-order valence-corrected chi connectivity index (χ3v) is 5.01. The van der Waals surface area contributed by atoms with E-state index in [1.165, 1.54) is 0 Å². The van der Waals surface area contributed by atoms with Crippen molar-refractivity contribution >= 4 is 23.5 Å². The van der Waals surface area contributed by atoms with Crippen molar-refractivity contribution < 1.29 is 19.1 Å². The predicted octanol–water partition coefficient (Wildman–Crippen LogP) is 3.09. The molecule has 1 aromatic carbocycles. The van der Waals surface area contributed by atoms with Crippen LogP contribution in [0.15, 0.2) is 24.3 Å². The van der Waals surface area contributed by atoms with Gasteiger partial charge in [0.05, 0.1) is 25.0 Å². The van der Waals surface area contributed by atoms with Crippen LogP contribution in [-0.2, 0) is 25.5 Å². The number of methoxy groups -OCH3 is 1. The van der Waals surface area contributed by atoms with Crippen LogP contribution in [0.25, 0.3) is 0 Å². The van der Waals surface area contributed by atoms with Gasteiger partial charge in [0.15, 0.2) is 0 Å². The summed E-state index contributed by atoms with van der Waals surface area (Å²) in [6, 6.07) is 7.55. The van der Waals surface area contributed by atoms with E-state index >= 15 is 0 Å². The quantitative estimate of drug-likeness (QED) is 0.695. The number of ether oxygens (including phenoxy) is 2. The van der Waals surface area contributed by atoms with E-state index < -0.39 is 5.41 Å². The number of carbonyl (C=O) groups excluding carboxylic acids is 2. The number of hydrogen-bond acceptors (Lipinski definition) is 4. The summed E-state index contributed by atoms with van der Waals surface area (Å²) in [6.45, 7) is 3.72. The molecular weight excluding hydrogens is 342 g/mol. The zero-order valence-corrected chi connectivity index (χ0v) is 15.7. The molecule has 6 heteroatoms. The Morgan fingerprint density at radius 1 is 1.20 bits per heavy atom. The van der Waals surface area contributed by atoms with Crippen molar-refractivity contribution in [2.24, 2.45) is 5.41 Å². The van der Waals surface area contributed by atoms with Crippen molar-refractivity contribution in [1.29, 1.82) is 0 Å². The first-order chi connectivity index (χ1) is 12.0. The average Bonchev–Trinajstić information content (AvgIpc) is 2.62. The predicted molar refractivity (Wildman–Crippen MR) is 96.5 cm³/mol. The van der Waals surface area contributed by atoms with Crippen LogP contribution in [0.3, 0.4) is 0 Å². The molecule has 1 fully saturated rings. The topological polar surface area (TPSA) is 55.8 Å². The number of halogens is 1. The highest BCUT2D eigenvalue weighted by Crippen LogP contribution is 2.37. The Morgan fingerprint density at radius 3 is 2.40 bits per heavy atom. The molecule has 25 heavy (non-hydrogen) atoms. The largest absolute Gasteiger partial charge is 0.466 e. The van der Waals surface area contributed by atoms with Crippen LogP contribution in [0.1, 0.15) is 31.7 Å². The van der Waals surface area contributed by atoms with Gasteiger partial charge in [-0.25, -0.2) is 0 Å². The van der Waals surface area contributed by atoms with Gasteiger partial charge in [-0.1, -0.05) is 23.7 Å². The fraction of sp³-hybridized carbons (Fsp3) is 0.579. The summed E-state index contributed by atoms with van der Waals surface area (Å²) in [5, 5.41) is 0.674. The Morgan fingerprint density at radius 2 is 1.84 bits per heavy atom. The Kier molecular flexibility index (Phi) is 7.26. The third-order valence-electron chi connectivity index (χ3n) is 4.76. The fourth-order valence-electron chi connectivity index (χ4n) is 3.26.